The van der Waals surface area contributed by atoms with Gasteiger partial charge in [0.15, 0.2) is 23.5 Å². The van der Waals surface area contributed by atoms with Crippen molar-refractivity contribution in [1.82, 2.24) is 15.1 Å². The molecule has 4 N–H and O–H groups in total. The zero-order chi connectivity index (χ0) is 51.0. The van der Waals surface area contributed by atoms with Gasteiger partial charge in [0.1, 0.15) is 18.1 Å². The van der Waals surface area contributed by atoms with Crippen molar-refractivity contribution in [1.29, 1.82) is 0 Å². The van der Waals surface area contributed by atoms with Gasteiger partial charge in [0, 0.05) is 43.3 Å². The standard InChI is InChI=1S/C56H65N5O11/c1-32(2)50(57)51(63)58-34(4)46(62)23-35-8-10-36(11-9-35)30-72-55(67)61-44-27-47(33(3)22-43(44)53(65)60-31-56(18-19-56)28-45(60)54(61)66)70-20-7-21-71-49-25-38-12-15-40-24-39(37-13-16-41(68-5)17-14-37)29-59(40)52(64)42(38)26-48(49)69-6/h8-11,13-14,16-17,22,25-27,29,32,34,40,45,50,54,66H,7,12,15,18-21,23-24,28,30-31,57H2,1-6H3,(H,58,63)/t34-,40+,45-,50-,54?/m0/s1. The highest BCUT2D eigenvalue weighted by Gasteiger charge is 2.58. The van der Waals surface area contributed by atoms with E-state index in [1.54, 1.807) is 68.5 Å². The molecule has 1 unspecified atom stereocenters. The maximum Gasteiger partial charge on any atom is 0.416 e. The fraction of sp³-hybridized carbons (Fsp3) is 0.446. The van der Waals surface area contributed by atoms with Crippen molar-refractivity contribution >= 4 is 40.9 Å². The third-order valence-corrected chi connectivity index (χ3v) is 15.0. The SMILES string of the molecule is COc1ccc(C2=CN3C(=O)c4cc(OC)c(OCCCOc5cc6c(cc5C)C(=O)N5CC7(CC7)C[C@H]5C(O)N6C(=O)OCc5ccc(CC(=O)[C@H](C)NC(=O)[C@@H](N)C(C)C)cc5)cc4CC[C@@H]3C2)cc1. The molecular weight excluding hydrogens is 919 g/mol. The number of ether oxygens (including phenoxy) is 5. The maximum atomic E-state index is 14.3. The lowest BCUT2D eigenvalue weighted by Gasteiger charge is -2.31. The van der Waals surface area contributed by atoms with E-state index in [4.69, 9.17) is 29.4 Å². The van der Waals surface area contributed by atoms with Gasteiger partial charge in [0.25, 0.3) is 11.8 Å². The molecular formula is C56H65N5O11. The minimum Gasteiger partial charge on any atom is -0.497 e. The van der Waals surface area contributed by atoms with Crippen LogP contribution in [0.2, 0.25) is 0 Å². The number of nitrogens with two attached hydrogens (primary N) is 1. The lowest BCUT2D eigenvalue weighted by molar-refractivity contribution is -0.128. The van der Waals surface area contributed by atoms with Crippen molar-refractivity contribution in [2.24, 2.45) is 17.1 Å². The second kappa shape index (κ2) is 20.7. The summed E-state index contributed by atoms with van der Waals surface area (Å²) in [5.41, 5.74) is 12.1. The van der Waals surface area contributed by atoms with E-state index in [-0.39, 0.29) is 78.4 Å². The van der Waals surface area contributed by atoms with Crippen molar-refractivity contribution in [3.63, 3.8) is 0 Å². The first kappa shape index (κ1) is 50.0. The number of aliphatic hydroxyl groups excluding tert-OH is 1. The van der Waals surface area contributed by atoms with Crippen molar-refractivity contribution in [2.75, 3.05) is 38.9 Å². The molecule has 1 saturated heterocycles. The number of hydrogen-bond donors (Lipinski definition) is 3. The van der Waals surface area contributed by atoms with Gasteiger partial charge in [-0.1, -0.05) is 50.2 Å². The van der Waals surface area contributed by atoms with E-state index < -0.39 is 30.4 Å². The van der Waals surface area contributed by atoms with Crippen molar-refractivity contribution in [2.45, 2.75) is 116 Å². The molecule has 0 aromatic heterocycles. The molecule has 16 heteroatoms. The number of amides is 4. The highest BCUT2D eigenvalue weighted by atomic mass is 16.6. The first-order chi connectivity index (χ1) is 34.6. The van der Waals surface area contributed by atoms with Crippen LogP contribution in [0.3, 0.4) is 0 Å². The number of rotatable bonds is 17. The molecule has 72 heavy (non-hydrogen) atoms. The second-order valence-corrected chi connectivity index (χ2v) is 20.3. The zero-order valence-electron chi connectivity index (χ0n) is 41.9. The normalized spacial score (nSPS) is 20.3. The monoisotopic (exact) mass is 983 g/mol. The number of nitrogens with one attached hydrogen (secondary N) is 1. The van der Waals surface area contributed by atoms with Crippen LogP contribution in [-0.2, 0) is 33.8 Å². The Hall–Kier alpha value is -6.91. The fourth-order valence-electron chi connectivity index (χ4n) is 10.3. The number of Topliss-reactive ketones (excluding diaryl/α,β-unsaturated/α-hetero) is 1. The summed E-state index contributed by atoms with van der Waals surface area (Å²) in [5.74, 6) is 1.24. The van der Waals surface area contributed by atoms with Gasteiger partial charge in [0.05, 0.1) is 56.8 Å². The van der Waals surface area contributed by atoms with Crippen LogP contribution in [0.5, 0.6) is 23.0 Å². The number of hydrogen-bond acceptors (Lipinski definition) is 12. The Bertz CT molecular complexity index is 2770. The van der Waals surface area contributed by atoms with Crippen LogP contribution in [0.4, 0.5) is 10.5 Å². The minimum atomic E-state index is -1.38. The number of aryl methyl sites for hydroxylation is 2. The topological polar surface area (TPSA) is 200 Å². The largest absolute Gasteiger partial charge is 0.497 e. The molecule has 2 fully saturated rings. The van der Waals surface area contributed by atoms with E-state index in [0.29, 0.717) is 59.7 Å². The Labute approximate surface area is 420 Å². The molecule has 9 rings (SSSR count). The molecule has 1 spiro atoms. The van der Waals surface area contributed by atoms with E-state index in [2.05, 4.69) is 5.32 Å². The van der Waals surface area contributed by atoms with E-state index >= 15 is 0 Å². The smallest absolute Gasteiger partial charge is 0.416 e. The van der Waals surface area contributed by atoms with Gasteiger partial charge in [-0.05, 0) is 127 Å². The highest BCUT2D eigenvalue weighted by molar-refractivity contribution is 6.06. The first-order valence-corrected chi connectivity index (χ1v) is 25.0. The third kappa shape index (κ3) is 10.2. The van der Waals surface area contributed by atoms with Crippen LogP contribution in [0.25, 0.3) is 5.57 Å². The van der Waals surface area contributed by atoms with E-state index in [0.717, 1.165) is 53.7 Å². The van der Waals surface area contributed by atoms with Crippen LogP contribution >= 0.6 is 0 Å². The van der Waals surface area contributed by atoms with Gasteiger partial charge in [0.2, 0.25) is 5.91 Å². The van der Waals surface area contributed by atoms with Crippen molar-refractivity contribution < 1.29 is 52.8 Å². The number of ketones is 1. The highest BCUT2D eigenvalue weighted by Crippen LogP contribution is 2.57. The van der Waals surface area contributed by atoms with Crippen molar-refractivity contribution in [3.05, 3.63) is 118 Å². The number of fused-ring (bicyclic) bond motifs is 4. The molecule has 5 aliphatic rings. The number of anilines is 1. The summed E-state index contributed by atoms with van der Waals surface area (Å²) in [6.45, 7) is 8.02. The minimum absolute atomic E-state index is 0.0417. The average Bonchev–Trinajstić information content (AvgIpc) is 3.88. The summed E-state index contributed by atoms with van der Waals surface area (Å²) < 4.78 is 29.5. The summed E-state index contributed by atoms with van der Waals surface area (Å²) in [5, 5.41) is 14.7. The Morgan fingerprint density at radius 2 is 1.57 bits per heavy atom. The summed E-state index contributed by atoms with van der Waals surface area (Å²) in [6, 6.07) is 19.9. The molecule has 380 valence electrons. The number of carbonyl (C=O) groups is 5. The Morgan fingerprint density at radius 3 is 2.25 bits per heavy atom. The van der Waals surface area contributed by atoms with Crippen molar-refractivity contribution in [3.8, 4) is 23.0 Å². The molecule has 1 saturated carbocycles. The predicted molar refractivity (Wildman–Crippen MR) is 269 cm³/mol. The lowest BCUT2D eigenvalue weighted by atomic mass is 9.97. The summed E-state index contributed by atoms with van der Waals surface area (Å²) in [6.07, 6.45) is 5.04. The van der Waals surface area contributed by atoms with Crippen LogP contribution < -0.4 is 34.9 Å². The molecule has 4 aromatic rings. The summed E-state index contributed by atoms with van der Waals surface area (Å²) in [7, 11) is 3.19. The van der Waals surface area contributed by atoms with Gasteiger partial charge in [-0.15, -0.1) is 0 Å². The van der Waals surface area contributed by atoms with Crippen LogP contribution in [0.15, 0.2) is 79.0 Å². The molecule has 0 bridgehead atoms. The van der Waals surface area contributed by atoms with Gasteiger partial charge >= 0.3 is 6.09 Å². The van der Waals surface area contributed by atoms with E-state index in [1.807, 2.05) is 62.2 Å². The fourth-order valence-corrected chi connectivity index (χ4v) is 10.3. The second-order valence-electron chi connectivity index (χ2n) is 20.3. The van der Waals surface area contributed by atoms with Gasteiger partial charge in [-0.25, -0.2) is 9.69 Å². The molecule has 1 aliphatic carbocycles. The maximum absolute atomic E-state index is 14.3. The average molecular weight is 984 g/mol. The molecule has 4 amide bonds. The predicted octanol–water partition coefficient (Wildman–Crippen LogP) is 7.13. The van der Waals surface area contributed by atoms with Crippen LogP contribution in [0, 0.1) is 18.3 Å². The lowest BCUT2D eigenvalue weighted by Crippen LogP contribution is -2.50. The number of carbonyl (C=O) groups excluding carboxylic acids is 5. The number of aliphatic hydroxyl groups is 1. The third-order valence-electron chi connectivity index (χ3n) is 15.0. The van der Waals surface area contributed by atoms with Crippen LogP contribution in [-0.4, -0.2) is 109 Å². The quantitative estimate of drug-likeness (QED) is 0.0906. The molecule has 4 heterocycles. The summed E-state index contributed by atoms with van der Waals surface area (Å²) >= 11 is 0. The Morgan fingerprint density at radius 1 is 0.861 bits per heavy atom. The number of methoxy groups -OCH3 is 2. The molecule has 5 atom stereocenters. The van der Waals surface area contributed by atoms with Gasteiger partial charge in [-0.2, -0.15) is 0 Å². The molecule has 16 nitrogen and oxygen atoms in total. The van der Waals surface area contributed by atoms with E-state index in [9.17, 15) is 29.1 Å². The Kier molecular flexibility index (Phi) is 14.4. The molecule has 0 radical (unpaired) electrons. The molecule has 4 aliphatic heterocycles. The van der Waals surface area contributed by atoms with Gasteiger partial charge in [-0.3, -0.25) is 19.2 Å². The number of nitrogens with zero attached hydrogens (tertiary/aromatic N) is 3. The van der Waals surface area contributed by atoms with E-state index in [1.165, 1.54) is 4.90 Å². The van der Waals surface area contributed by atoms with Crippen LogP contribution in [0.1, 0.15) is 108 Å². The Balaban J connectivity index is 0.844. The summed E-state index contributed by atoms with van der Waals surface area (Å²) in [4.78, 5) is 72.6. The van der Waals surface area contributed by atoms with Gasteiger partial charge < -0.3 is 49.6 Å². The molecule has 4 aromatic carbocycles. The first-order valence-electron chi connectivity index (χ1n) is 25.0. The number of benzene rings is 4. The zero-order valence-corrected chi connectivity index (χ0v) is 41.9.